The highest BCUT2D eigenvalue weighted by atomic mass is 16.7. The van der Waals surface area contributed by atoms with Crippen molar-refractivity contribution in [3.8, 4) is 11.5 Å². The number of rotatable bonds is 3. The fraction of sp³-hybridized carbons (Fsp3) is 0.417. The molecule has 3 rings (SSSR count). The first-order chi connectivity index (χ1) is 9.28. The van der Waals surface area contributed by atoms with Crippen molar-refractivity contribution < 1.29 is 14.3 Å². The summed E-state index contributed by atoms with van der Waals surface area (Å²) in [6.45, 7) is 1.13. The summed E-state index contributed by atoms with van der Waals surface area (Å²) in [7, 11) is 0. The highest BCUT2D eigenvalue weighted by molar-refractivity contribution is 5.96. The van der Waals surface area contributed by atoms with E-state index in [0.717, 1.165) is 5.69 Å². The van der Waals surface area contributed by atoms with E-state index in [1.807, 2.05) is 6.07 Å². The summed E-state index contributed by atoms with van der Waals surface area (Å²) in [6.07, 6.45) is 0.410. The molecule has 1 aromatic rings. The summed E-state index contributed by atoms with van der Waals surface area (Å²) in [4.78, 5) is 16.4. The number of hydrogen-bond acceptors (Lipinski definition) is 4. The monoisotopic (exact) mass is 260 g/mol. The number of anilines is 1. The molecule has 2 aliphatic rings. The third-order valence-corrected chi connectivity index (χ3v) is 3.28. The number of hydrogen-bond donors (Lipinski definition) is 0. The molecule has 1 atom stereocenters. The van der Waals surface area contributed by atoms with Crippen LogP contribution in [0.3, 0.4) is 0 Å². The highest BCUT2D eigenvalue weighted by Crippen LogP contribution is 2.37. The summed E-state index contributed by atoms with van der Waals surface area (Å²) in [5.74, 6) is 1.47. The summed E-state index contributed by atoms with van der Waals surface area (Å²) >= 11 is 0. The second-order valence-corrected chi connectivity index (χ2v) is 4.53. The third kappa shape index (κ3) is 2.15. The SMILES string of the molecule is [N-]=[N+]=NCC1CC(=O)N(c2ccc3c(c2)OCO3)C1. The van der Waals surface area contributed by atoms with E-state index in [-0.39, 0.29) is 18.6 Å². The van der Waals surface area contributed by atoms with Crippen LogP contribution in [0, 0.1) is 5.92 Å². The summed E-state index contributed by atoms with van der Waals surface area (Å²) in [5, 5.41) is 3.53. The quantitative estimate of drug-likeness (QED) is 0.473. The minimum atomic E-state index is 0.0389. The molecule has 2 aliphatic heterocycles. The zero-order chi connectivity index (χ0) is 13.2. The van der Waals surface area contributed by atoms with Gasteiger partial charge in [-0.15, -0.1) is 0 Å². The van der Waals surface area contributed by atoms with Crippen molar-refractivity contribution in [1.82, 2.24) is 0 Å². The van der Waals surface area contributed by atoms with Crippen LogP contribution in [0.15, 0.2) is 23.3 Å². The minimum Gasteiger partial charge on any atom is -0.454 e. The number of amides is 1. The van der Waals surface area contributed by atoms with Crippen LogP contribution in [0.25, 0.3) is 10.4 Å². The molecule has 1 fully saturated rings. The van der Waals surface area contributed by atoms with Crippen molar-refractivity contribution >= 4 is 11.6 Å². The van der Waals surface area contributed by atoms with E-state index in [1.54, 1.807) is 17.0 Å². The first-order valence-corrected chi connectivity index (χ1v) is 5.99. The number of carbonyl (C=O) groups excluding carboxylic acids is 1. The molecule has 0 spiro atoms. The second kappa shape index (κ2) is 4.70. The van der Waals surface area contributed by atoms with Crippen LogP contribution in [0.2, 0.25) is 0 Å². The number of benzene rings is 1. The zero-order valence-electron chi connectivity index (χ0n) is 10.2. The topological polar surface area (TPSA) is 87.5 Å². The largest absolute Gasteiger partial charge is 0.454 e. The average Bonchev–Trinajstić information content (AvgIpc) is 3.01. The van der Waals surface area contributed by atoms with Crippen LogP contribution < -0.4 is 14.4 Å². The Hall–Kier alpha value is -2.40. The lowest BCUT2D eigenvalue weighted by Crippen LogP contribution is -2.24. The number of nitrogens with zero attached hydrogens (tertiary/aromatic N) is 4. The standard InChI is InChI=1S/C12H12N4O3/c13-15-14-5-8-3-12(17)16(6-8)9-1-2-10-11(4-9)19-7-18-10/h1-2,4,8H,3,5-7H2. The van der Waals surface area contributed by atoms with E-state index in [9.17, 15) is 4.79 Å². The van der Waals surface area contributed by atoms with Crippen molar-refractivity contribution in [1.29, 1.82) is 0 Å². The minimum absolute atomic E-state index is 0.0389. The van der Waals surface area contributed by atoms with Crippen LogP contribution in [0.1, 0.15) is 6.42 Å². The maximum Gasteiger partial charge on any atom is 0.231 e. The Labute approximate surface area is 109 Å². The van der Waals surface area contributed by atoms with E-state index in [4.69, 9.17) is 15.0 Å². The van der Waals surface area contributed by atoms with Gasteiger partial charge in [-0.25, -0.2) is 0 Å². The number of azide groups is 1. The Morgan fingerprint density at radius 3 is 3.11 bits per heavy atom. The Kier molecular flexibility index (Phi) is 2.89. The van der Waals surface area contributed by atoms with Crippen molar-refractivity contribution in [3.63, 3.8) is 0 Å². The molecule has 2 heterocycles. The van der Waals surface area contributed by atoms with E-state index < -0.39 is 0 Å². The number of fused-ring (bicyclic) bond motifs is 1. The first-order valence-electron chi connectivity index (χ1n) is 5.99. The van der Waals surface area contributed by atoms with Gasteiger partial charge in [0, 0.05) is 36.2 Å². The van der Waals surface area contributed by atoms with Gasteiger partial charge in [-0.3, -0.25) is 4.79 Å². The lowest BCUT2D eigenvalue weighted by atomic mass is 10.1. The normalized spacial score (nSPS) is 20.5. The van der Waals surface area contributed by atoms with Crippen molar-refractivity contribution in [2.75, 3.05) is 24.8 Å². The molecule has 0 N–H and O–H groups in total. The molecule has 98 valence electrons. The second-order valence-electron chi connectivity index (χ2n) is 4.53. The fourth-order valence-corrected chi connectivity index (χ4v) is 2.36. The first kappa shape index (κ1) is 11.7. The van der Waals surface area contributed by atoms with Crippen molar-refractivity contribution in [2.45, 2.75) is 6.42 Å². The predicted molar refractivity (Wildman–Crippen MR) is 67.0 cm³/mol. The molecule has 0 radical (unpaired) electrons. The lowest BCUT2D eigenvalue weighted by molar-refractivity contribution is -0.117. The Morgan fingerprint density at radius 2 is 2.26 bits per heavy atom. The van der Waals surface area contributed by atoms with Gasteiger partial charge in [-0.2, -0.15) is 0 Å². The molecule has 0 aliphatic carbocycles. The Balaban J connectivity index is 1.79. The van der Waals surface area contributed by atoms with E-state index in [2.05, 4.69) is 10.0 Å². The van der Waals surface area contributed by atoms with Gasteiger partial charge < -0.3 is 14.4 Å². The van der Waals surface area contributed by atoms with Crippen LogP contribution >= 0.6 is 0 Å². The van der Waals surface area contributed by atoms with Gasteiger partial charge in [0.15, 0.2) is 11.5 Å². The molecule has 0 aromatic heterocycles. The van der Waals surface area contributed by atoms with Gasteiger partial charge >= 0.3 is 0 Å². The molecule has 0 saturated carbocycles. The highest BCUT2D eigenvalue weighted by Gasteiger charge is 2.30. The van der Waals surface area contributed by atoms with Gasteiger partial charge in [0.1, 0.15) is 0 Å². The van der Waals surface area contributed by atoms with E-state index in [1.165, 1.54) is 0 Å². The van der Waals surface area contributed by atoms with Gasteiger partial charge in [-0.1, -0.05) is 5.11 Å². The molecule has 0 bridgehead atoms. The molecule has 1 aromatic carbocycles. The smallest absolute Gasteiger partial charge is 0.231 e. The van der Waals surface area contributed by atoms with Crippen LogP contribution in [-0.4, -0.2) is 25.8 Å². The molecule has 1 amide bonds. The maximum atomic E-state index is 12.0. The van der Waals surface area contributed by atoms with E-state index in [0.29, 0.717) is 31.0 Å². The van der Waals surface area contributed by atoms with Gasteiger partial charge in [0.25, 0.3) is 0 Å². The fourth-order valence-electron chi connectivity index (χ4n) is 2.36. The number of ether oxygens (including phenoxy) is 2. The van der Waals surface area contributed by atoms with Gasteiger partial charge in [0.05, 0.1) is 0 Å². The Morgan fingerprint density at radius 1 is 1.42 bits per heavy atom. The summed E-state index contributed by atoms with van der Waals surface area (Å²) < 4.78 is 10.5. The van der Waals surface area contributed by atoms with Crippen LogP contribution in [-0.2, 0) is 4.79 Å². The van der Waals surface area contributed by atoms with Crippen molar-refractivity contribution in [2.24, 2.45) is 11.0 Å². The summed E-state index contributed by atoms with van der Waals surface area (Å²) in [6, 6.07) is 5.43. The van der Waals surface area contributed by atoms with Crippen molar-refractivity contribution in [3.05, 3.63) is 28.6 Å². The van der Waals surface area contributed by atoms with Gasteiger partial charge in [0.2, 0.25) is 12.7 Å². The molecule has 7 heteroatoms. The van der Waals surface area contributed by atoms with Crippen LogP contribution in [0.4, 0.5) is 5.69 Å². The molecule has 1 unspecified atom stereocenters. The predicted octanol–water partition coefficient (Wildman–Crippen LogP) is 2.08. The molecular formula is C12H12N4O3. The third-order valence-electron chi connectivity index (χ3n) is 3.28. The van der Waals surface area contributed by atoms with Crippen LogP contribution in [0.5, 0.6) is 11.5 Å². The average molecular weight is 260 g/mol. The van der Waals surface area contributed by atoms with E-state index >= 15 is 0 Å². The Bertz CT molecular complexity index is 568. The lowest BCUT2D eigenvalue weighted by Gasteiger charge is -2.16. The maximum absolute atomic E-state index is 12.0. The zero-order valence-corrected chi connectivity index (χ0v) is 10.2. The van der Waals surface area contributed by atoms with Gasteiger partial charge in [-0.05, 0) is 23.6 Å². The molecular weight excluding hydrogens is 248 g/mol. The molecule has 1 saturated heterocycles. The summed E-state index contributed by atoms with van der Waals surface area (Å²) in [5.41, 5.74) is 9.10. The molecule has 7 nitrogen and oxygen atoms in total. The number of carbonyl (C=O) groups is 1. The molecule has 19 heavy (non-hydrogen) atoms.